The molecule has 0 aromatic rings. The maximum absolute atomic E-state index is 10.6. The van der Waals surface area contributed by atoms with Gasteiger partial charge in [0.15, 0.2) is 0 Å². The van der Waals surface area contributed by atoms with Crippen LogP contribution in [-0.2, 0) is 4.74 Å². The molecule has 0 saturated carbocycles. The van der Waals surface area contributed by atoms with E-state index in [2.05, 4.69) is 29.6 Å². The molecule has 0 fully saturated rings. The lowest BCUT2D eigenvalue weighted by atomic mass is 11.1. The standard InChI is InChI=1S/C2H3Cl2N7O2/c3-8-10-6-1(5)13-2(12)7-11-9-4/h(H2,5,6,8)(H,7,9,12). The predicted octanol–water partition coefficient (Wildman–Crippen LogP) is 1.07. The Balaban J connectivity index is 3.91. The second-order valence-corrected chi connectivity index (χ2v) is 1.58. The number of nitrogens with zero attached hydrogens (tertiary/aromatic N) is 5. The molecule has 0 saturated heterocycles. The topological polar surface area (TPSA) is 126 Å². The molecule has 3 N–H and O–H groups in total. The van der Waals surface area contributed by atoms with Crippen molar-refractivity contribution in [2.45, 2.75) is 0 Å². The van der Waals surface area contributed by atoms with Crippen LogP contribution in [0.25, 0.3) is 0 Å². The highest BCUT2D eigenvalue weighted by molar-refractivity contribution is 6.14. The van der Waals surface area contributed by atoms with Gasteiger partial charge < -0.3 is 10.5 Å². The molecular formula is C2H3Cl2N7O2. The molecule has 0 atom stereocenters. The summed E-state index contributed by atoms with van der Waals surface area (Å²) in [5.41, 5.74) is 6.72. The zero-order valence-corrected chi connectivity index (χ0v) is 7.40. The van der Waals surface area contributed by atoms with Gasteiger partial charge in [-0.05, 0) is 5.22 Å². The number of nitrogens with two attached hydrogens (primary N) is 1. The fraction of sp³-hybridized carbons (Fsp3) is 0. The molecule has 0 unspecified atom stereocenters. The number of carbonyl (C=O) groups excluding carboxylic acids is 1. The van der Waals surface area contributed by atoms with Crippen LogP contribution >= 0.6 is 23.6 Å². The smallest absolute Gasteiger partial charge is 0.373 e. The minimum atomic E-state index is -1.03. The third kappa shape index (κ3) is 6.90. The Morgan fingerprint density at radius 2 is 2.08 bits per heavy atom. The number of amides is 1. The Hall–Kier alpha value is -1.48. The van der Waals surface area contributed by atoms with Crippen LogP contribution in [0, 0.1) is 0 Å². The van der Waals surface area contributed by atoms with Crippen LogP contribution in [-0.4, -0.2) is 12.1 Å². The molecule has 0 bridgehead atoms. The molecule has 0 aromatic heterocycles. The van der Waals surface area contributed by atoms with Gasteiger partial charge in [0.05, 0.1) is 23.6 Å². The lowest BCUT2D eigenvalue weighted by molar-refractivity contribution is 0.196. The first-order valence-electron chi connectivity index (χ1n) is 2.54. The van der Waals surface area contributed by atoms with E-state index in [9.17, 15) is 4.79 Å². The zero-order chi connectivity index (χ0) is 10.1. The molecule has 0 radical (unpaired) electrons. The SMILES string of the molecule is N/C(=N/N=N/Cl)OC(=O)N/N=N/Cl. The summed E-state index contributed by atoms with van der Waals surface area (Å²) in [6.45, 7) is 0. The van der Waals surface area contributed by atoms with E-state index in [1.807, 2.05) is 0 Å². The molecule has 9 nitrogen and oxygen atoms in total. The van der Waals surface area contributed by atoms with E-state index in [1.54, 1.807) is 5.43 Å². The van der Waals surface area contributed by atoms with Crippen LogP contribution in [0.15, 0.2) is 24.8 Å². The minimum absolute atomic E-state index is 0.563. The van der Waals surface area contributed by atoms with Gasteiger partial charge in [-0.1, -0.05) is 19.6 Å². The zero-order valence-electron chi connectivity index (χ0n) is 5.89. The van der Waals surface area contributed by atoms with Crippen LogP contribution in [0.5, 0.6) is 0 Å². The van der Waals surface area contributed by atoms with E-state index in [4.69, 9.17) is 29.3 Å². The first kappa shape index (κ1) is 11.5. The highest BCUT2D eigenvalue weighted by atomic mass is 35.5. The largest absolute Gasteiger partial charge is 0.437 e. The van der Waals surface area contributed by atoms with Crippen molar-refractivity contribution in [3.05, 3.63) is 0 Å². The first-order valence-corrected chi connectivity index (χ1v) is 3.21. The van der Waals surface area contributed by atoms with Gasteiger partial charge in [-0.3, -0.25) is 0 Å². The molecule has 0 aliphatic rings. The summed E-state index contributed by atoms with van der Waals surface area (Å²) in [6, 6.07) is -0.563. The van der Waals surface area contributed by atoms with Crippen LogP contribution in [0.2, 0.25) is 0 Å². The fourth-order valence-electron chi connectivity index (χ4n) is 0.259. The second kappa shape index (κ2) is 7.18. The number of rotatable bonds is 2. The van der Waals surface area contributed by atoms with Gasteiger partial charge in [-0.2, -0.15) is 5.43 Å². The molecule has 0 heterocycles. The highest BCUT2D eigenvalue weighted by Crippen LogP contribution is 1.84. The van der Waals surface area contributed by atoms with E-state index in [0.29, 0.717) is 0 Å². The third-order valence-electron chi connectivity index (χ3n) is 0.553. The van der Waals surface area contributed by atoms with Crippen molar-refractivity contribution in [2.24, 2.45) is 30.5 Å². The molecule has 0 aliphatic heterocycles. The lowest BCUT2D eigenvalue weighted by Crippen LogP contribution is -2.26. The molecule has 0 aromatic carbocycles. The molecule has 72 valence electrons. The normalized spacial score (nSPS) is 12.3. The number of halogens is 2. The van der Waals surface area contributed by atoms with Gasteiger partial charge in [-0.15, -0.1) is 0 Å². The van der Waals surface area contributed by atoms with E-state index < -0.39 is 12.1 Å². The molecule has 13 heavy (non-hydrogen) atoms. The average molecular weight is 228 g/mol. The number of ether oxygens (including phenoxy) is 1. The highest BCUT2D eigenvalue weighted by Gasteiger charge is 2.02. The Morgan fingerprint density at radius 3 is 2.62 bits per heavy atom. The Labute approximate surface area is 81.8 Å². The van der Waals surface area contributed by atoms with Crippen molar-refractivity contribution >= 4 is 35.7 Å². The van der Waals surface area contributed by atoms with Gasteiger partial charge in [0.1, 0.15) is 0 Å². The van der Waals surface area contributed by atoms with Gasteiger partial charge in [0, 0.05) is 0 Å². The second-order valence-electron chi connectivity index (χ2n) is 1.28. The molecular weight excluding hydrogens is 225 g/mol. The summed E-state index contributed by atoms with van der Waals surface area (Å²) in [5.74, 6) is 0. The van der Waals surface area contributed by atoms with Crippen molar-refractivity contribution < 1.29 is 9.53 Å². The first-order chi connectivity index (χ1) is 6.20. The van der Waals surface area contributed by atoms with Crippen molar-refractivity contribution in [1.29, 1.82) is 0 Å². The summed E-state index contributed by atoms with van der Waals surface area (Å²) in [5, 5.41) is 8.78. The number of nitrogens with one attached hydrogen (secondary N) is 1. The van der Waals surface area contributed by atoms with Crippen molar-refractivity contribution in [1.82, 2.24) is 5.43 Å². The van der Waals surface area contributed by atoms with Crippen LogP contribution in [0.4, 0.5) is 4.79 Å². The maximum atomic E-state index is 10.6. The van der Waals surface area contributed by atoms with Gasteiger partial charge in [-0.25, -0.2) is 4.79 Å². The summed E-state index contributed by atoms with van der Waals surface area (Å²) >= 11 is 9.50. The number of hydrogen-bond acceptors (Lipinski definition) is 6. The van der Waals surface area contributed by atoms with Crippen LogP contribution in [0.3, 0.4) is 0 Å². The van der Waals surface area contributed by atoms with Gasteiger partial charge >= 0.3 is 12.1 Å². The van der Waals surface area contributed by atoms with E-state index in [-0.39, 0.29) is 0 Å². The Kier molecular flexibility index (Phi) is 6.37. The minimum Gasteiger partial charge on any atom is -0.373 e. The summed E-state index contributed by atoms with van der Waals surface area (Å²) < 4.78 is 9.59. The monoisotopic (exact) mass is 227 g/mol. The number of hydrogen-bond donors (Lipinski definition) is 2. The van der Waals surface area contributed by atoms with Crippen LogP contribution in [0.1, 0.15) is 0 Å². The van der Waals surface area contributed by atoms with Crippen molar-refractivity contribution in [3.8, 4) is 0 Å². The molecule has 0 aliphatic carbocycles. The van der Waals surface area contributed by atoms with Crippen molar-refractivity contribution in [2.75, 3.05) is 0 Å². The van der Waals surface area contributed by atoms with E-state index >= 15 is 0 Å². The number of amidine groups is 1. The summed E-state index contributed by atoms with van der Waals surface area (Å²) in [6.07, 6.45) is -1.03. The van der Waals surface area contributed by atoms with E-state index in [0.717, 1.165) is 0 Å². The predicted molar refractivity (Wildman–Crippen MR) is 42.7 cm³/mol. The van der Waals surface area contributed by atoms with Gasteiger partial charge in [0.25, 0.3) is 0 Å². The molecule has 1 amide bonds. The van der Waals surface area contributed by atoms with Crippen LogP contribution < -0.4 is 11.2 Å². The quantitative estimate of drug-likeness (QED) is 0.317. The third-order valence-corrected chi connectivity index (χ3v) is 0.697. The Morgan fingerprint density at radius 1 is 1.38 bits per heavy atom. The van der Waals surface area contributed by atoms with Crippen molar-refractivity contribution in [3.63, 3.8) is 0 Å². The fourth-order valence-corrected chi connectivity index (χ4v) is 0.331. The maximum Gasteiger partial charge on any atom is 0.437 e. The molecule has 0 spiro atoms. The summed E-state index contributed by atoms with van der Waals surface area (Å²) in [7, 11) is 0. The van der Waals surface area contributed by atoms with Gasteiger partial charge in [0.2, 0.25) is 0 Å². The lowest BCUT2D eigenvalue weighted by Gasteiger charge is -1.97. The van der Waals surface area contributed by atoms with E-state index in [1.165, 1.54) is 0 Å². The Bertz CT molecular complexity index is 249. The summed E-state index contributed by atoms with van der Waals surface area (Å²) in [4.78, 5) is 10.6. The number of carbonyl (C=O) groups is 1. The molecule has 11 heteroatoms. The molecule has 0 rings (SSSR count). The average Bonchev–Trinajstić information content (AvgIpc) is 2.11.